The van der Waals surface area contributed by atoms with E-state index in [0.29, 0.717) is 15.2 Å². The second kappa shape index (κ2) is 5.64. The van der Waals surface area contributed by atoms with Crippen molar-refractivity contribution in [1.29, 1.82) is 0 Å². The highest BCUT2D eigenvalue weighted by Gasteiger charge is 2.22. The maximum absolute atomic E-state index is 12.1. The lowest BCUT2D eigenvalue weighted by Gasteiger charge is -2.09. The van der Waals surface area contributed by atoms with Gasteiger partial charge in [-0.15, -0.1) is 11.3 Å². The van der Waals surface area contributed by atoms with E-state index in [4.69, 9.17) is 16.7 Å². The Bertz CT molecular complexity index is 956. The number of aromatic hydroxyl groups is 1. The van der Waals surface area contributed by atoms with E-state index in [1.807, 2.05) is 0 Å². The number of rotatable bonds is 3. The number of hydrogen-bond acceptors (Lipinski definition) is 6. The molecule has 1 unspecified atom stereocenters. The van der Waals surface area contributed by atoms with Crippen LogP contribution in [0.25, 0.3) is 20.2 Å². The van der Waals surface area contributed by atoms with Crippen molar-refractivity contribution in [1.82, 2.24) is 15.3 Å². The van der Waals surface area contributed by atoms with Crippen molar-refractivity contribution >= 4 is 55.0 Å². The van der Waals surface area contributed by atoms with E-state index in [1.54, 1.807) is 12.3 Å². The number of hydrogen-bond donors (Lipinski definition) is 3. The number of thiophene rings is 1. The fraction of sp³-hybridized carbons (Fsp3) is 0.143. The predicted octanol–water partition coefficient (Wildman–Crippen LogP) is 2.41. The van der Waals surface area contributed by atoms with Crippen molar-refractivity contribution in [3.63, 3.8) is 0 Å². The summed E-state index contributed by atoms with van der Waals surface area (Å²) in [6.45, 7) is 1.32. The first-order chi connectivity index (χ1) is 10.9. The van der Waals surface area contributed by atoms with E-state index < -0.39 is 17.9 Å². The number of fused-ring (bicyclic) bond motifs is 3. The van der Waals surface area contributed by atoms with E-state index in [2.05, 4.69) is 15.3 Å². The molecule has 118 valence electrons. The summed E-state index contributed by atoms with van der Waals surface area (Å²) in [5.74, 6) is -2.23. The van der Waals surface area contributed by atoms with E-state index >= 15 is 0 Å². The average Bonchev–Trinajstić information content (AvgIpc) is 2.86. The molecule has 0 aromatic carbocycles. The first-order valence-electron chi connectivity index (χ1n) is 6.48. The first-order valence-corrected chi connectivity index (χ1v) is 7.67. The third kappa shape index (κ3) is 2.66. The molecule has 0 radical (unpaired) electrons. The topological polar surface area (TPSA) is 112 Å². The third-order valence-electron chi connectivity index (χ3n) is 3.28. The molecule has 0 fully saturated rings. The van der Waals surface area contributed by atoms with Crippen molar-refractivity contribution < 1.29 is 19.8 Å². The van der Waals surface area contributed by atoms with Gasteiger partial charge in [0.15, 0.2) is 11.4 Å². The van der Waals surface area contributed by atoms with Crippen LogP contribution in [0.15, 0.2) is 18.5 Å². The largest absolute Gasteiger partial charge is 0.504 e. The van der Waals surface area contributed by atoms with Crippen LogP contribution in [0.3, 0.4) is 0 Å². The molecule has 3 aromatic heterocycles. The second-order valence-electron chi connectivity index (χ2n) is 4.84. The van der Waals surface area contributed by atoms with Crippen LogP contribution in [0.2, 0.25) is 5.15 Å². The van der Waals surface area contributed by atoms with Crippen LogP contribution in [0.4, 0.5) is 0 Å². The van der Waals surface area contributed by atoms with Crippen molar-refractivity contribution in [3.8, 4) is 5.75 Å². The van der Waals surface area contributed by atoms with Gasteiger partial charge in [-0.3, -0.25) is 9.59 Å². The van der Waals surface area contributed by atoms with Crippen LogP contribution in [0, 0.1) is 0 Å². The molecule has 0 aliphatic carbocycles. The van der Waals surface area contributed by atoms with Gasteiger partial charge in [0.2, 0.25) is 0 Å². The van der Waals surface area contributed by atoms with Gasteiger partial charge in [-0.1, -0.05) is 11.6 Å². The zero-order valence-electron chi connectivity index (χ0n) is 11.7. The highest BCUT2D eigenvalue weighted by molar-refractivity contribution is 7.26. The Morgan fingerprint density at radius 3 is 2.74 bits per heavy atom. The lowest BCUT2D eigenvalue weighted by molar-refractivity contribution is -0.138. The lowest BCUT2D eigenvalue weighted by Crippen LogP contribution is -2.38. The summed E-state index contributed by atoms with van der Waals surface area (Å²) in [7, 11) is 0. The molecule has 3 rings (SSSR count). The van der Waals surface area contributed by atoms with E-state index in [9.17, 15) is 14.7 Å². The fourth-order valence-electron chi connectivity index (χ4n) is 2.09. The van der Waals surface area contributed by atoms with Crippen molar-refractivity contribution in [3.05, 3.63) is 29.3 Å². The maximum Gasteiger partial charge on any atom is 0.325 e. The molecule has 3 N–H and O–H groups in total. The Balaban J connectivity index is 2.10. The highest BCUT2D eigenvalue weighted by atomic mass is 35.5. The van der Waals surface area contributed by atoms with Crippen molar-refractivity contribution in [2.24, 2.45) is 0 Å². The quantitative estimate of drug-likeness (QED) is 0.624. The predicted molar refractivity (Wildman–Crippen MR) is 86.2 cm³/mol. The minimum absolute atomic E-state index is 0.226. The molecule has 9 heteroatoms. The van der Waals surface area contributed by atoms with Crippen LogP contribution in [0.1, 0.15) is 17.4 Å². The second-order valence-corrected chi connectivity index (χ2v) is 6.28. The number of halogens is 1. The molecule has 0 aliphatic heterocycles. The molecular formula is C14H10ClN3O4S. The van der Waals surface area contributed by atoms with Gasteiger partial charge >= 0.3 is 5.97 Å². The SMILES string of the molecule is CC(NC(=O)c1ncc2c(sc3cnc(Cl)cc32)c1O)C(=O)O. The van der Waals surface area contributed by atoms with Crippen LogP contribution >= 0.6 is 22.9 Å². The minimum atomic E-state index is -1.18. The molecule has 0 aliphatic rings. The summed E-state index contributed by atoms with van der Waals surface area (Å²) in [5, 5.41) is 23.1. The standard InChI is InChI=1S/C14H10ClN3O4S/c1-5(14(21)22)18-13(20)10-11(19)12-7(3-17-10)6-2-9(15)16-4-8(6)23-12/h2-5,19H,1H3,(H,18,20)(H,21,22). The third-order valence-corrected chi connectivity index (χ3v) is 4.65. The van der Waals surface area contributed by atoms with Gasteiger partial charge in [-0.2, -0.15) is 0 Å². The Labute approximate surface area is 138 Å². The summed E-state index contributed by atoms with van der Waals surface area (Å²) in [5.41, 5.74) is -0.226. The van der Waals surface area contributed by atoms with Crippen LogP contribution in [0.5, 0.6) is 5.75 Å². The average molecular weight is 352 g/mol. The van der Waals surface area contributed by atoms with Gasteiger partial charge in [0.05, 0.1) is 9.40 Å². The Hall–Kier alpha value is -2.45. The number of carboxylic acid groups (broad SMARTS) is 1. The summed E-state index contributed by atoms with van der Waals surface area (Å²) >= 11 is 7.12. The lowest BCUT2D eigenvalue weighted by atomic mass is 10.2. The number of pyridine rings is 2. The van der Waals surface area contributed by atoms with Gasteiger partial charge < -0.3 is 15.5 Å². The Kier molecular flexibility index (Phi) is 3.78. The van der Waals surface area contributed by atoms with Gasteiger partial charge in [0.25, 0.3) is 5.91 Å². The molecule has 0 saturated heterocycles. The highest BCUT2D eigenvalue weighted by Crippen LogP contribution is 2.39. The zero-order valence-corrected chi connectivity index (χ0v) is 13.3. The van der Waals surface area contributed by atoms with E-state index in [1.165, 1.54) is 24.5 Å². The molecule has 0 saturated carbocycles. The molecule has 1 atom stereocenters. The van der Waals surface area contributed by atoms with Gasteiger partial charge in [-0.05, 0) is 13.0 Å². The molecule has 23 heavy (non-hydrogen) atoms. The molecule has 3 heterocycles. The van der Waals surface area contributed by atoms with E-state index in [-0.39, 0.29) is 11.4 Å². The molecular weight excluding hydrogens is 342 g/mol. The zero-order chi connectivity index (χ0) is 16.7. The number of carbonyl (C=O) groups is 2. The summed E-state index contributed by atoms with van der Waals surface area (Å²) < 4.78 is 1.25. The number of aliphatic carboxylic acids is 1. The molecule has 0 bridgehead atoms. The molecule has 1 amide bonds. The summed E-state index contributed by atoms with van der Waals surface area (Å²) in [4.78, 5) is 30.8. The van der Waals surface area contributed by atoms with Gasteiger partial charge in [-0.25, -0.2) is 9.97 Å². The van der Waals surface area contributed by atoms with Crippen LogP contribution < -0.4 is 5.32 Å². The van der Waals surface area contributed by atoms with Crippen LogP contribution in [-0.2, 0) is 4.79 Å². The summed E-state index contributed by atoms with van der Waals surface area (Å²) in [6.07, 6.45) is 3.03. The fourth-order valence-corrected chi connectivity index (χ4v) is 3.32. The first kappa shape index (κ1) is 15.4. The molecule has 3 aromatic rings. The number of carbonyl (C=O) groups excluding carboxylic acids is 1. The number of nitrogens with zero attached hydrogens (tertiary/aromatic N) is 2. The molecule has 0 spiro atoms. The normalized spacial score (nSPS) is 12.4. The number of carboxylic acids is 1. The van der Waals surface area contributed by atoms with Gasteiger partial charge in [0, 0.05) is 23.2 Å². The Morgan fingerprint density at radius 2 is 2.04 bits per heavy atom. The monoisotopic (exact) mass is 351 g/mol. The number of aromatic nitrogens is 2. The maximum atomic E-state index is 12.1. The Morgan fingerprint density at radius 1 is 1.30 bits per heavy atom. The van der Waals surface area contributed by atoms with Crippen molar-refractivity contribution in [2.75, 3.05) is 0 Å². The number of nitrogens with one attached hydrogen (secondary N) is 1. The smallest absolute Gasteiger partial charge is 0.325 e. The van der Waals surface area contributed by atoms with Crippen LogP contribution in [-0.4, -0.2) is 38.1 Å². The minimum Gasteiger partial charge on any atom is -0.504 e. The molecule has 7 nitrogen and oxygen atoms in total. The van der Waals surface area contributed by atoms with Crippen molar-refractivity contribution in [2.45, 2.75) is 13.0 Å². The van der Waals surface area contributed by atoms with Gasteiger partial charge in [0.1, 0.15) is 11.2 Å². The van der Waals surface area contributed by atoms with E-state index in [0.717, 1.165) is 10.1 Å². The number of amides is 1. The summed E-state index contributed by atoms with van der Waals surface area (Å²) in [6, 6.07) is 0.563.